The number of ether oxygens (including phenoxy) is 1. The highest BCUT2D eigenvalue weighted by Gasteiger charge is 2.23. The second-order valence-electron chi connectivity index (χ2n) is 4.68. The maximum absolute atomic E-state index is 5.50. The van der Waals surface area contributed by atoms with Crippen LogP contribution in [0, 0.1) is 0 Å². The van der Waals surface area contributed by atoms with E-state index in [4.69, 9.17) is 13.7 Å². The number of hydrogen-bond donors (Lipinski definition) is 1. The Bertz CT molecular complexity index is 728. The van der Waals surface area contributed by atoms with E-state index in [0.717, 1.165) is 23.1 Å². The summed E-state index contributed by atoms with van der Waals surface area (Å²) in [6.07, 6.45) is 1.66. The Morgan fingerprint density at radius 3 is 3.10 bits per heavy atom. The number of nitrogens with zero attached hydrogens (tertiary/aromatic N) is 2. The molecule has 0 amide bonds. The van der Waals surface area contributed by atoms with E-state index in [1.54, 1.807) is 6.26 Å². The van der Waals surface area contributed by atoms with Crippen molar-refractivity contribution in [1.29, 1.82) is 0 Å². The van der Waals surface area contributed by atoms with Crippen molar-refractivity contribution in [2.24, 2.45) is 0 Å². The van der Waals surface area contributed by atoms with Gasteiger partial charge in [-0.2, -0.15) is 4.98 Å². The van der Waals surface area contributed by atoms with Crippen molar-refractivity contribution in [3.05, 3.63) is 36.4 Å². The molecule has 1 N–H and O–H groups in total. The predicted molar refractivity (Wildman–Crippen MR) is 71.1 cm³/mol. The number of nitrogens with one attached hydrogen (secondary N) is 1. The van der Waals surface area contributed by atoms with Crippen LogP contribution in [0.4, 0.5) is 0 Å². The molecule has 2 aromatic heterocycles. The number of para-hydroxylation sites is 1. The molecule has 1 aromatic carbocycles. The Morgan fingerprint density at radius 1 is 1.25 bits per heavy atom. The first kappa shape index (κ1) is 11.6. The maximum Gasteiger partial charge on any atom is 0.246 e. The van der Waals surface area contributed by atoms with Gasteiger partial charge in [-0.3, -0.25) is 0 Å². The molecule has 3 heterocycles. The number of furan rings is 1. The van der Waals surface area contributed by atoms with Gasteiger partial charge in [0.25, 0.3) is 0 Å². The zero-order valence-electron chi connectivity index (χ0n) is 10.7. The minimum Gasteiger partial charge on any atom is -0.464 e. The van der Waals surface area contributed by atoms with Crippen molar-refractivity contribution >= 4 is 11.0 Å². The summed E-state index contributed by atoms with van der Waals surface area (Å²) in [7, 11) is 0. The van der Waals surface area contributed by atoms with Crippen molar-refractivity contribution in [1.82, 2.24) is 15.5 Å². The molecule has 1 saturated heterocycles. The average molecular weight is 271 g/mol. The quantitative estimate of drug-likeness (QED) is 0.769. The first-order chi connectivity index (χ1) is 9.92. The van der Waals surface area contributed by atoms with Crippen LogP contribution in [0.3, 0.4) is 0 Å². The Kier molecular flexibility index (Phi) is 2.75. The summed E-state index contributed by atoms with van der Waals surface area (Å²) in [5, 5.41) is 8.31. The fraction of sp³-hybridized carbons (Fsp3) is 0.286. The lowest BCUT2D eigenvalue weighted by molar-refractivity contribution is 0.0659. The molecule has 3 aromatic rings. The summed E-state index contributed by atoms with van der Waals surface area (Å²) >= 11 is 0. The molecular weight excluding hydrogens is 258 g/mol. The van der Waals surface area contributed by atoms with Gasteiger partial charge < -0.3 is 19.0 Å². The fourth-order valence-corrected chi connectivity index (χ4v) is 2.36. The second kappa shape index (κ2) is 4.73. The standard InChI is InChI=1S/C14H13N3O3/c1-2-4-12-9(3-1)10(7-19-12)13-16-14(20-17-13)11-8-18-6-5-15-11/h1-4,7,11,15H,5-6,8H2. The molecule has 6 nitrogen and oxygen atoms in total. The van der Waals surface area contributed by atoms with Gasteiger partial charge in [0, 0.05) is 11.9 Å². The van der Waals surface area contributed by atoms with Crippen LogP contribution in [-0.4, -0.2) is 29.9 Å². The third-order valence-electron chi connectivity index (χ3n) is 3.38. The highest BCUT2D eigenvalue weighted by Crippen LogP contribution is 2.29. The van der Waals surface area contributed by atoms with Gasteiger partial charge in [-0.05, 0) is 6.07 Å². The fourth-order valence-electron chi connectivity index (χ4n) is 2.36. The Balaban J connectivity index is 1.70. The molecule has 0 radical (unpaired) electrons. The molecule has 1 aliphatic heterocycles. The predicted octanol–water partition coefficient (Wildman–Crippen LogP) is 2.14. The lowest BCUT2D eigenvalue weighted by Crippen LogP contribution is -2.34. The molecule has 0 bridgehead atoms. The van der Waals surface area contributed by atoms with E-state index in [0.29, 0.717) is 24.9 Å². The van der Waals surface area contributed by atoms with Crippen LogP contribution < -0.4 is 5.32 Å². The molecule has 1 fully saturated rings. The van der Waals surface area contributed by atoms with Crippen molar-refractivity contribution in [3.8, 4) is 11.4 Å². The lowest BCUT2D eigenvalue weighted by atomic mass is 10.2. The van der Waals surface area contributed by atoms with Crippen molar-refractivity contribution in [2.75, 3.05) is 19.8 Å². The highest BCUT2D eigenvalue weighted by atomic mass is 16.5. The van der Waals surface area contributed by atoms with Gasteiger partial charge in [0.2, 0.25) is 11.7 Å². The average Bonchev–Trinajstić information content (AvgIpc) is 3.14. The molecule has 1 aliphatic rings. The molecule has 0 spiro atoms. The van der Waals surface area contributed by atoms with Crippen LogP contribution in [0.2, 0.25) is 0 Å². The minimum absolute atomic E-state index is 0.0387. The largest absolute Gasteiger partial charge is 0.464 e. The first-order valence-electron chi connectivity index (χ1n) is 6.53. The van der Waals surface area contributed by atoms with Gasteiger partial charge in [0.1, 0.15) is 17.9 Å². The van der Waals surface area contributed by atoms with E-state index >= 15 is 0 Å². The van der Waals surface area contributed by atoms with E-state index in [-0.39, 0.29) is 6.04 Å². The SMILES string of the molecule is c1ccc2c(-c3noc(C4COCCN4)n3)coc2c1. The number of benzene rings is 1. The molecule has 102 valence electrons. The van der Waals surface area contributed by atoms with Gasteiger partial charge in [-0.15, -0.1) is 0 Å². The van der Waals surface area contributed by atoms with Crippen LogP contribution >= 0.6 is 0 Å². The number of aromatic nitrogens is 2. The Labute approximate surface area is 114 Å². The van der Waals surface area contributed by atoms with Crippen LogP contribution in [0.15, 0.2) is 39.5 Å². The van der Waals surface area contributed by atoms with Gasteiger partial charge in [0.05, 0.1) is 18.8 Å². The van der Waals surface area contributed by atoms with Gasteiger partial charge in [-0.25, -0.2) is 0 Å². The zero-order chi connectivity index (χ0) is 13.4. The molecule has 20 heavy (non-hydrogen) atoms. The molecule has 0 saturated carbocycles. The molecule has 1 unspecified atom stereocenters. The van der Waals surface area contributed by atoms with E-state index < -0.39 is 0 Å². The summed E-state index contributed by atoms with van der Waals surface area (Å²) in [5.74, 6) is 1.09. The summed E-state index contributed by atoms with van der Waals surface area (Å²) in [6.45, 7) is 2.05. The number of rotatable bonds is 2. The molecule has 0 aliphatic carbocycles. The molecule has 4 rings (SSSR count). The number of fused-ring (bicyclic) bond motifs is 1. The van der Waals surface area contributed by atoms with Crippen molar-refractivity contribution < 1.29 is 13.7 Å². The third kappa shape index (κ3) is 1.90. The number of hydrogen-bond acceptors (Lipinski definition) is 6. The van der Waals surface area contributed by atoms with Crippen LogP contribution in [-0.2, 0) is 4.74 Å². The molecular formula is C14H13N3O3. The highest BCUT2D eigenvalue weighted by molar-refractivity contribution is 5.91. The third-order valence-corrected chi connectivity index (χ3v) is 3.38. The Morgan fingerprint density at radius 2 is 2.20 bits per heavy atom. The first-order valence-corrected chi connectivity index (χ1v) is 6.53. The topological polar surface area (TPSA) is 73.3 Å². The van der Waals surface area contributed by atoms with Gasteiger partial charge in [0.15, 0.2) is 0 Å². The minimum atomic E-state index is -0.0387. The van der Waals surface area contributed by atoms with Crippen LogP contribution in [0.25, 0.3) is 22.4 Å². The number of morpholine rings is 1. The van der Waals surface area contributed by atoms with Crippen molar-refractivity contribution in [3.63, 3.8) is 0 Å². The van der Waals surface area contributed by atoms with Crippen LogP contribution in [0.1, 0.15) is 11.9 Å². The van der Waals surface area contributed by atoms with E-state index in [9.17, 15) is 0 Å². The maximum atomic E-state index is 5.50. The van der Waals surface area contributed by atoms with Crippen LogP contribution in [0.5, 0.6) is 0 Å². The van der Waals surface area contributed by atoms with E-state index in [2.05, 4.69) is 15.5 Å². The van der Waals surface area contributed by atoms with Gasteiger partial charge >= 0.3 is 0 Å². The monoisotopic (exact) mass is 271 g/mol. The van der Waals surface area contributed by atoms with Crippen molar-refractivity contribution in [2.45, 2.75) is 6.04 Å². The summed E-state index contributed by atoms with van der Waals surface area (Å²) in [6, 6.07) is 7.74. The van der Waals surface area contributed by atoms with E-state index in [1.165, 1.54) is 0 Å². The van der Waals surface area contributed by atoms with Gasteiger partial charge in [-0.1, -0.05) is 23.4 Å². The zero-order valence-corrected chi connectivity index (χ0v) is 10.7. The lowest BCUT2D eigenvalue weighted by Gasteiger charge is -2.20. The summed E-state index contributed by atoms with van der Waals surface area (Å²) < 4.78 is 16.2. The Hall–Kier alpha value is -2.18. The van der Waals surface area contributed by atoms with E-state index in [1.807, 2.05) is 24.3 Å². The molecule has 6 heteroatoms. The summed E-state index contributed by atoms with van der Waals surface area (Å²) in [5.41, 5.74) is 1.65. The normalized spacial score (nSPS) is 19.5. The second-order valence-corrected chi connectivity index (χ2v) is 4.68. The smallest absolute Gasteiger partial charge is 0.246 e. The molecule has 1 atom stereocenters. The summed E-state index contributed by atoms with van der Waals surface area (Å²) in [4.78, 5) is 4.45.